The summed E-state index contributed by atoms with van der Waals surface area (Å²) in [5.74, 6) is -0.466. The average molecular weight is 472 g/mol. The number of ether oxygens (including phenoxy) is 2. The maximum Gasteiger partial charge on any atom is 0.338 e. The molecule has 2 aliphatic rings. The Morgan fingerprint density at radius 3 is 2.70 bits per heavy atom. The highest BCUT2D eigenvalue weighted by molar-refractivity contribution is 8.16. The lowest BCUT2D eigenvalue weighted by Crippen LogP contribution is -2.39. The maximum absolute atomic E-state index is 13.2. The second-order valence-corrected chi connectivity index (χ2v) is 9.27. The molecule has 7 nitrogen and oxygen atoms in total. The van der Waals surface area contributed by atoms with Gasteiger partial charge in [-0.15, -0.1) is 0 Å². The number of hydrogen-bond donors (Lipinski definition) is 1. The molecule has 33 heavy (non-hydrogen) atoms. The van der Waals surface area contributed by atoms with E-state index in [1.165, 1.54) is 11.8 Å². The summed E-state index contributed by atoms with van der Waals surface area (Å²) in [6.45, 7) is 10.4. The van der Waals surface area contributed by atoms with Crippen molar-refractivity contribution in [3.8, 4) is 0 Å². The monoisotopic (exact) mass is 471 g/mol. The van der Waals surface area contributed by atoms with Crippen LogP contribution in [-0.2, 0) is 19.1 Å². The minimum atomic E-state index is -0.426. The molecular weight excluding hydrogens is 438 g/mol. The van der Waals surface area contributed by atoms with Crippen LogP contribution < -0.4 is 5.32 Å². The van der Waals surface area contributed by atoms with Crippen molar-refractivity contribution in [3.05, 3.63) is 57.3 Å². The van der Waals surface area contributed by atoms with Gasteiger partial charge in [-0.25, -0.2) is 9.79 Å². The van der Waals surface area contributed by atoms with Crippen LogP contribution in [-0.4, -0.2) is 48.3 Å². The quantitative estimate of drug-likeness (QED) is 0.425. The largest absolute Gasteiger partial charge is 0.460 e. The SMILES string of the molecule is CC[C@@H](C)NC(=O)CC1=CSC2=NC(C)=C(C(=O)OCCOC)[C@@H](c3cc(C)ccc3C)N12. The molecule has 0 bridgehead atoms. The number of amides is 1. The summed E-state index contributed by atoms with van der Waals surface area (Å²) < 4.78 is 10.6. The number of rotatable bonds is 9. The number of allylic oxidation sites excluding steroid dienone is 1. The number of aryl methyl sites for hydroxylation is 2. The summed E-state index contributed by atoms with van der Waals surface area (Å²) in [5, 5.41) is 5.75. The molecule has 0 unspecified atom stereocenters. The Labute approximate surface area is 200 Å². The van der Waals surface area contributed by atoms with Crippen molar-refractivity contribution in [3.63, 3.8) is 0 Å². The number of nitrogens with zero attached hydrogens (tertiary/aromatic N) is 2. The number of methoxy groups -OCH3 is 1. The molecule has 1 aromatic rings. The molecular formula is C25H33N3O4S. The first kappa shape index (κ1) is 25.1. The molecule has 3 rings (SSSR count). The fourth-order valence-electron chi connectivity index (χ4n) is 3.87. The number of fused-ring (bicyclic) bond motifs is 1. The lowest BCUT2D eigenvalue weighted by molar-refractivity contribution is -0.141. The predicted octanol–water partition coefficient (Wildman–Crippen LogP) is 4.37. The highest BCUT2D eigenvalue weighted by Crippen LogP contribution is 2.45. The number of carbonyl (C=O) groups excluding carboxylic acids is 2. The zero-order valence-corrected chi connectivity index (χ0v) is 21.0. The van der Waals surface area contributed by atoms with E-state index in [4.69, 9.17) is 14.5 Å². The Morgan fingerprint density at radius 2 is 2.00 bits per heavy atom. The number of thioether (sulfide) groups is 1. The van der Waals surface area contributed by atoms with Gasteiger partial charge in [-0.1, -0.05) is 42.4 Å². The second-order valence-electron chi connectivity index (χ2n) is 8.44. The summed E-state index contributed by atoms with van der Waals surface area (Å²) >= 11 is 1.48. The molecule has 0 spiro atoms. The molecule has 1 aromatic carbocycles. The molecule has 8 heteroatoms. The van der Waals surface area contributed by atoms with Crippen LogP contribution in [0.3, 0.4) is 0 Å². The third-order valence-corrected chi connectivity index (χ3v) is 6.72. The molecule has 0 saturated carbocycles. The number of benzene rings is 1. The van der Waals surface area contributed by atoms with E-state index in [1.807, 2.05) is 44.9 Å². The van der Waals surface area contributed by atoms with Crippen molar-refractivity contribution >= 4 is 28.8 Å². The van der Waals surface area contributed by atoms with Crippen LogP contribution in [0.1, 0.15) is 56.3 Å². The smallest absolute Gasteiger partial charge is 0.338 e. The fourth-order valence-corrected chi connectivity index (χ4v) is 4.83. The Balaban J connectivity index is 2.02. The maximum atomic E-state index is 13.2. The highest BCUT2D eigenvalue weighted by Gasteiger charge is 2.41. The van der Waals surface area contributed by atoms with Crippen LogP contribution in [0.15, 0.2) is 45.6 Å². The van der Waals surface area contributed by atoms with E-state index in [0.29, 0.717) is 17.9 Å². The standard InChI is InChI=1S/C25H33N3O4S/c1-7-17(4)26-21(29)13-19-14-33-25-27-18(5)22(24(30)32-11-10-31-6)23(28(19)25)20-12-15(2)8-9-16(20)3/h8-9,12,14,17,23H,7,10-11,13H2,1-6H3,(H,26,29)/t17-,23-/m1/s1. The van der Waals surface area contributed by atoms with Crippen LogP contribution in [0.5, 0.6) is 0 Å². The molecule has 178 valence electrons. The molecule has 1 N–H and O–H groups in total. The minimum absolute atomic E-state index is 0.0485. The van der Waals surface area contributed by atoms with Gasteiger partial charge in [0.05, 0.1) is 30.3 Å². The van der Waals surface area contributed by atoms with Gasteiger partial charge >= 0.3 is 5.97 Å². The van der Waals surface area contributed by atoms with Crippen molar-refractivity contribution in [1.29, 1.82) is 0 Å². The third kappa shape index (κ3) is 5.68. The Bertz CT molecular complexity index is 1010. The van der Waals surface area contributed by atoms with Crippen LogP contribution >= 0.6 is 11.8 Å². The van der Waals surface area contributed by atoms with Crippen LogP contribution in [0.25, 0.3) is 0 Å². The third-order valence-electron chi connectivity index (χ3n) is 5.83. The summed E-state index contributed by atoms with van der Waals surface area (Å²) in [5.41, 5.74) is 5.08. The van der Waals surface area contributed by atoms with Gasteiger partial charge in [0.15, 0.2) is 5.17 Å². The number of amidine groups is 1. The van der Waals surface area contributed by atoms with Gasteiger partial charge in [0.2, 0.25) is 5.91 Å². The van der Waals surface area contributed by atoms with E-state index in [9.17, 15) is 9.59 Å². The summed E-state index contributed by atoms with van der Waals surface area (Å²) in [7, 11) is 1.57. The van der Waals surface area contributed by atoms with Gasteiger partial charge in [-0.2, -0.15) is 0 Å². The number of nitrogens with one attached hydrogen (secondary N) is 1. The topological polar surface area (TPSA) is 80.2 Å². The lowest BCUT2D eigenvalue weighted by atomic mass is 9.90. The van der Waals surface area contributed by atoms with Crippen molar-refractivity contribution in [1.82, 2.24) is 10.2 Å². The van der Waals surface area contributed by atoms with Crippen LogP contribution in [0.4, 0.5) is 0 Å². The minimum Gasteiger partial charge on any atom is -0.460 e. The van der Waals surface area contributed by atoms with Gasteiger partial charge < -0.3 is 19.7 Å². The van der Waals surface area contributed by atoms with E-state index in [-0.39, 0.29) is 25.0 Å². The van der Waals surface area contributed by atoms with E-state index in [0.717, 1.165) is 34.0 Å². The first-order valence-electron chi connectivity index (χ1n) is 11.2. The van der Waals surface area contributed by atoms with Gasteiger partial charge in [0, 0.05) is 18.8 Å². The Kier molecular flexibility index (Phi) is 8.37. The number of carbonyl (C=O) groups is 2. The molecule has 0 fully saturated rings. The van der Waals surface area contributed by atoms with E-state index >= 15 is 0 Å². The van der Waals surface area contributed by atoms with E-state index < -0.39 is 12.0 Å². The number of esters is 1. The zero-order chi connectivity index (χ0) is 24.1. The summed E-state index contributed by atoms with van der Waals surface area (Å²) in [6, 6.07) is 5.88. The van der Waals surface area contributed by atoms with Crippen molar-refractivity contribution in [2.75, 3.05) is 20.3 Å². The average Bonchev–Trinajstić information content (AvgIpc) is 3.16. The summed E-state index contributed by atoms with van der Waals surface area (Å²) in [6.07, 6.45) is 1.07. The van der Waals surface area contributed by atoms with Gasteiger partial charge in [0.1, 0.15) is 6.61 Å². The van der Waals surface area contributed by atoms with Crippen LogP contribution in [0.2, 0.25) is 0 Å². The molecule has 0 saturated heterocycles. The number of aliphatic imine (C=N–C) groups is 1. The molecule has 2 atom stereocenters. The number of hydrogen-bond acceptors (Lipinski definition) is 7. The predicted molar refractivity (Wildman–Crippen MR) is 132 cm³/mol. The molecule has 0 aromatic heterocycles. The van der Waals surface area contributed by atoms with Crippen molar-refractivity contribution in [2.24, 2.45) is 4.99 Å². The van der Waals surface area contributed by atoms with Crippen molar-refractivity contribution in [2.45, 2.75) is 59.5 Å². The van der Waals surface area contributed by atoms with Crippen LogP contribution in [0, 0.1) is 13.8 Å². The lowest BCUT2D eigenvalue weighted by Gasteiger charge is -2.37. The second kappa shape index (κ2) is 11.0. The normalized spacial score (nSPS) is 18.5. The highest BCUT2D eigenvalue weighted by atomic mass is 32.2. The van der Waals surface area contributed by atoms with Gasteiger partial charge in [-0.05, 0) is 50.7 Å². The first-order valence-corrected chi connectivity index (χ1v) is 12.1. The van der Waals surface area contributed by atoms with Gasteiger partial charge in [-0.3, -0.25) is 4.79 Å². The molecule has 1 amide bonds. The van der Waals surface area contributed by atoms with E-state index in [2.05, 4.69) is 23.5 Å². The van der Waals surface area contributed by atoms with Crippen molar-refractivity contribution < 1.29 is 19.1 Å². The summed E-state index contributed by atoms with van der Waals surface area (Å²) in [4.78, 5) is 32.7. The molecule has 2 aliphatic heterocycles. The van der Waals surface area contributed by atoms with Gasteiger partial charge in [0.25, 0.3) is 0 Å². The molecule has 0 aliphatic carbocycles. The Morgan fingerprint density at radius 1 is 1.24 bits per heavy atom. The molecule has 2 heterocycles. The zero-order valence-electron chi connectivity index (χ0n) is 20.2. The fraction of sp³-hybridized carbons (Fsp3) is 0.480. The van der Waals surface area contributed by atoms with E-state index in [1.54, 1.807) is 7.11 Å². The first-order chi connectivity index (χ1) is 15.8. The molecule has 0 radical (unpaired) electrons. The Hall–Kier alpha value is -2.58.